The molecule has 2 N–H and O–H groups in total. The van der Waals surface area contributed by atoms with E-state index in [0.717, 1.165) is 4.88 Å². The highest BCUT2D eigenvalue weighted by Gasteiger charge is 2.06. The van der Waals surface area contributed by atoms with E-state index in [2.05, 4.69) is 0 Å². The van der Waals surface area contributed by atoms with Gasteiger partial charge in [-0.3, -0.25) is 0 Å². The lowest BCUT2D eigenvalue weighted by Gasteiger charge is -2.00. The quantitative estimate of drug-likeness (QED) is 0.741. The molecule has 0 bridgehead atoms. The van der Waals surface area contributed by atoms with Gasteiger partial charge in [0.2, 0.25) is 0 Å². The number of alkyl halides is 1. The summed E-state index contributed by atoms with van der Waals surface area (Å²) in [5.41, 5.74) is 5.38. The first kappa shape index (κ1) is 7.98. The fourth-order valence-electron chi connectivity index (χ4n) is 0.604. The van der Waals surface area contributed by atoms with Crippen molar-refractivity contribution in [2.45, 2.75) is 6.04 Å². The highest BCUT2D eigenvalue weighted by molar-refractivity contribution is 7.16. The average molecular weight is 180 g/mol. The lowest BCUT2D eigenvalue weighted by Crippen LogP contribution is -2.09. The molecule has 0 aliphatic carbocycles. The van der Waals surface area contributed by atoms with E-state index in [0.29, 0.717) is 4.34 Å². The van der Waals surface area contributed by atoms with Crippen LogP contribution < -0.4 is 5.73 Å². The maximum Gasteiger partial charge on any atom is 0.109 e. The molecule has 1 nitrogen and oxygen atoms in total. The zero-order valence-corrected chi connectivity index (χ0v) is 6.75. The topological polar surface area (TPSA) is 26.0 Å². The van der Waals surface area contributed by atoms with Crippen LogP contribution in [0, 0.1) is 0 Å². The van der Waals surface area contributed by atoms with E-state index in [1.54, 1.807) is 12.1 Å². The van der Waals surface area contributed by atoms with Gasteiger partial charge < -0.3 is 5.73 Å². The normalized spacial score (nSPS) is 13.5. The second-order valence-corrected chi connectivity index (χ2v) is 3.65. The Kier molecular flexibility index (Phi) is 2.65. The second kappa shape index (κ2) is 3.32. The van der Waals surface area contributed by atoms with E-state index < -0.39 is 12.7 Å². The van der Waals surface area contributed by atoms with Crippen molar-refractivity contribution in [2.75, 3.05) is 6.67 Å². The van der Waals surface area contributed by atoms with Crippen LogP contribution in [-0.2, 0) is 0 Å². The molecule has 0 aliphatic rings. The molecule has 56 valence electrons. The largest absolute Gasteiger partial charge is 0.321 e. The molecule has 4 heteroatoms. The standard InChI is InChI=1S/C6H7ClFNS/c7-6-2-1-5(10-6)4(9)3-8/h1-2,4H,3,9H2. The predicted molar refractivity (Wildman–Crippen MR) is 42.2 cm³/mol. The van der Waals surface area contributed by atoms with Crippen LogP contribution >= 0.6 is 22.9 Å². The summed E-state index contributed by atoms with van der Waals surface area (Å²) in [7, 11) is 0. The summed E-state index contributed by atoms with van der Waals surface area (Å²) in [5, 5.41) is 0. The van der Waals surface area contributed by atoms with Crippen LogP contribution in [0.3, 0.4) is 0 Å². The van der Waals surface area contributed by atoms with Gasteiger partial charge >= 0.3 is 0 Å². The van der Waals surface area contributed by atoms with Gasteiger partial charge in [-0.25, -0.2) is 4.39 Å². The van der Waals surface area contributed by atoms with Crippen molar-refractivity contribution in [1.82, 2.24) is 0 Å². The van der Waals surface area contributed by atoms with Crippen LogP contribution in [0.15, 0.2) is 12.1 Å². The molecule has 0 spiro atoms. The van der Waals surface area contributed by atoms with E-state index in [9.17, 15) is 4.39 Å². The highest BCUT2D eigenvalue weighted by Crippen LogP contribution is 2.25. The van der Waals surface area contributed by atoms with E-state index in [1.807, 2.05) is 0 Å². The van der Waals surface area contributed by atoms with E-state index in [1.165, 1.54) is 11.3 Å². The molecular formula is C6H7ClFNS. The van der Waals surface area contributed by atoms with Gasteiger partial charge in [0, 0.05) is 4.88 Å². The van der Waals surface area contributed by atoms with Gasteiger partial charge in [-0.05, 0) is 12.1 Å². The Hall–Kier alpha value is -0.120. The van der Waals surface area contributed by atoms with Crippen molar-refractivity contribution < 1.29 is 4.39 Å². The summed E-state index contributed by atoms with van der Waals surface area (Å²) in [4.78, 5) is 0.799. The summed E-state index contributed by atoms with van der Waals surface area (Å²) in [6.07, 6.45) is 0. The van der Waals surface area contributed by atoms with E-state index >= 15 is 0 Å². The third kappa shape index (κ3) is 1.68. The van der Waals surface area contributed by atoms with Gasteiger partial charge in [-0.1, -0.05) is 11.6 Å². The van der Waals surface area contributed by atoms with Crippen LogP contribution in [-0.4, -0.2) is 6.67 Å². The van der Waals surface area contributed by atoms with Gasteiger partial charge in [-0.15, -0.1) is 11.3 Å². The Morgan fingerprint density at radius 3 is 2.80 bits per heavy atom. The highest BCUT2D eigenvalue weighted by atomic mass is 35.5. The first-order valence-electron chi connectivity index (χ1n) is 2.81. The monoisotopic (exact) mass is 179 g/mol. The fraction of sp³-hybridized carbons (Fsp3) is 0.333. The Labute approximate surface area is 67.6 Å². The summed E-state index contributed by atoms with van der Waals surface area (Å²) in [6.45, 7) is -0.531. The number of rotatable bonds is 2. The van der Waals surface area contributed by atoms with Gasteiger partial charge in [0.1, 0.15) is 6.67 Å². The zero-order valence-electron chi connectivity index (χ0n) is 5.18. The Morgan fingerprint density at radius 1 is 1.70 bits per heavy atom. The lowest BCUT2D eigenvalue weighted by atomic mass is 10.3. The smallest absolute Gasteiger partial charge is 0.109 e. The SMILES string of the molecule is NC(CF)c1ccc(Cl)s1. The van der Waals surface area contributed by atoms with Gasteiger partial charge in [0.25, 0.3) is 0 Å². The minimum atomic E-state index is -0.531. The maximum atomic E-state index is 11.9. The third-order valence-corrected chi connectivity index (χ3v) is 2.49. The van der Waals surface area contributed by atoms with E-state index in [-0.39, 0.29) is 0 Å². The Balaban J connectivity index is 2.74. The summed E-state index contributed by atoms with van der Waals surface area (Å²) in [6, 6.07) is 2.96. The third-order valence-electron chi connectivity index (χ3n) is 1.13. The molecule has 0 saturated carbocycles. The Bertz CT molecular complexity index is 213. The van der Waals surface area contributed by atoms with Crippen molar-refractivity contribution in [1.29, 1.82) is 0 Å². The molecule has 1 heterocycles. The molecule has 0 radical (unpaired) electrons. The van der Waals surface area contributed by atoms with Crippen LogP contribution in [0.4, 0.5) is 4.39 Å². The minimum absolute atomic E-state index is 0.502. The minimum Gasteiger partial charge on any atom is -0.321 e. The van der Waals surface area contributed by atoms with Crippen molar-refractivity contribution >= 4 is 22.9 Å². The lowest BCUT2D eigenvalue weighted by molar-refractivity contribution is 0.440. The molecule has 1 aromatic rings. The van der Waals surface area contributed by atoms with E-state index in [4.69, 9.17) is 17.3 Å². The molecule has 0 saturated heterocycles. The molecule has 1 atom stereocenters. The van der Waals surface area contributed by atoms with Gasteiger partial charge in [0.15, 0.2) is 0 Å². The zero-order chi connectivity index (χ0) is 7.56. The first-order valence-corrected chi connectivity index (χ1v) is 4.00. The predicted octanol–water partition coefficient (Wildman–Crippen LogP) is 2.37. The van der Waals surface area contributed by atoms with Crippen LogP contribution in [0.5, 0.6) is 0 Å². The van der Waals surface area contributed by atoms with Crippen LogP contribution in [0.2, 0.25) is 4.34 Å². The number of hydrogen-bond donors (Lipinski definition) is 1. The fourth-order valence-corrected chi connectivity index (χ4v) is 1.65. The second-order valence-electron chi connectivity index (χ2n) is 1.90. The van der Waals surface area contributed by atoms with Crippen LogP contribution in [0.1, 0.15) is 10.9 Å². The molecule has 1 aromatic heterocycles. The summed E-state index contributed by atoms with van der Waals surface area (Å²) >= 11 is 6.92. The molecule has 0 aliphatic heterocycles. The van der Waals surface area contributed by atoms with Crippen LogP contribution in [0.25, 0.3) is 0 Å². The van der Waals surface area contributed by atoms with Gasteiger partial charge in [0.05, 0.1) is 10.4 Å². The van der Waals surface area contributed by atoms with Crippen molar-refractivity contribution in [2.24, 2.45) is 5.73 Å². The number of halogens is 2. The number of thiophene rings is 1. The molecule has 1 rings (SSSR count). The Morgan fingerprint density at radius 2 is 2.40 bits per heavy atom. The number of hydrogen-bond acceptors (Lipinski definition) is 2. The van der Waals surface area contributed by atoms with Gasteiger partial charge in [-0.2, -0.15) is 0 Å². The molecule has 0 aromatic carbocycles. The molecule has 0 amide bonds. The summed E-state index contributed by atoms with van der Waals surface area (Å²) in [5.74, 6) is 0. The first-order chi connectivity index (χ1) is 4.74. The van der Waals surface area contributed by atoms with Crippen molar-refractivity contribution in [3.8, 4) is 0 Å². The molecule has 1 unspecified atom stereocenters. The van der Waals surface area contributed by atoms with Crippen molar-refractivity contribution in [3.05, 3.63) is 21.3 Å². The maximum absolute atomic E-state index is 11.9. The molecular weight excluding hydrogens is 173 g/mol. The summed E-state index contributed by atoms with van der Waals surface area (Å²) < 4.78 is 12.6. The average Bonchev–Trinajstić information content (AvgIpc) is 2.34. The molecule has 0 fully saturated rings. The molecule has 10 heavy (non-hydrogen) atoms. The number of nitrogens with two attached hydrogens (primary N) is 1. The van der Waals surface area contributed by atoms with Crippen molar-refractivity contribution in [3.63, 3.8) is 0 Å².